The number of phenolic OH excluding ortho intramolecular Hbond substituents is 1. The minimum atomic E-state index is -2.06. The molecule has 0 heterocycles. The fourth-order valence-corrected chi connectivity index (χ4v) is 9.40. The lowest BCUT2D eigenvalue weighted by Gasteiger charge is -2.32. The van der Waals surface area contributed by atoms with E-state index in [2.05, 4.69) is 19.7 Å². The standard InChI is InChI=1S/C69H88O15/c1-20-54(70)81-62-43(5)32-47(36-51(62)66(11,12)13)23-27-57(73)78-39-69(84-60(76)30-26-46-31-42(4)61(77)50(35-46)65(8,9)10,40-79-58(74)28-24-48-33-44(6)63(82-55(71)21-2)52(37-48)67(14,15)16)41-80-59(75)29-25-49-34-45(7)64(83-56(72)22-3)53(38-49)68(17,18)19/h20-22,31-38,77H,1-3,23-30,39-41H2,4-19H3. The van der Waals surface area contributed by atoms with E-state index in [9.17, 15) is 38.7 Å². The number of phenols is 1. The Morgan fingerprint density at radius 2 is 0.643 bits per heavy atom. The molecule has 0 bridgehead atoms. The van der Waals surface area contributed by atoms with E-state index in [-0.39, 0.29) is 57.1 Å². The van der Waals surface area contributed by atoms with Crippen molar-refractivity contribution in [3.05, 3.63) is 153 Å². The molecule has 0 aliphatic heterocycles. The minimum Gasteiger partial charge on any atom is -0.507 e. The maximum atomic E-state index is 14.3. The highest BCUT2D eigenvalue weighted by molar-refractivity contribution is 5.85. The summed E-state index contributed by atoms with van der Waals surface area (Å²) in [6, 6.07) is 14.7. The number of esters is 7. The third-order valence-corrected chi connectivity index (χ3v) is 14.0. The topological polar surface area (TPSA) is 204 Å². The number of aromatic hydroxyl groups is 1. The summed E-state index contributed by atoms with van der Waals surface area (Å²) in [4.78, 5) is 93.1. The second-order valence-electron chi connectivity index (χ2n) is 25.7. The van der Waals surface area contributed by atoms with Crippen LogP contribution in [0.15, 0.2) is 86.5 Å². The van der Waals surface area contributed by atoms with Crippen LogP contribution in [0, 0.1) is 27.7 Å². The zero-order chi connectivity index (χ0) is 63.3. The van der Waals surface area contributed by atoms with Crippen LogP contribution in [0.25, 0.3) is 0 Å². The molecule has 84 heavy (non-hydrogen) atoms. The fraction of sp³-hybridized carbons (Fsp3) is 0.464. The molecule has 15 heteroatoms. The van der Waals surface area contributed by atoms with Gasteiger partial charge in [-0.2, -0.15) is 0 Å². The Morgan fingerprint density at radius 1 is 0.393 bits per heavy atom. The summed E-state index contributed by atoms with van der Waals surface area (Å²) in [5.41, 5.74) is 4.63. The molecule has 0 saturated carbocycles. The average Bonchev–Trinajstić information content (AvgIpc) is 1.91. The summed E-state index contributed by atoms with van der Waals surface area (Å²) < 4.78 is 41.0. The van der Waals surface area contributed by atoms with Crippen LogP contribution in [-0.2, 0) is 99.9 Å². The van der Waals surface area contributed by atoms with Crippen LogP contribution in [0.1, 0.15) is 176 Å². The molecule has 0 radical (unpaired) electrons. The number of ether oxygens (including phenoxy) is 7. The van der Waals surface area contributed by atoms with Gasteiger partial charge >= 0.3 is 41.8 Å². The molecule has 4 rings (SSSR count). The van der Waals surface area contributed by atoms with E-state index in [0.29, 0.717) is 45.1 Å². The Hall–Kier alpha value is -7.81. The van der Waals surface area contributed by atoms with Crippen LogP contribution >= 0.6 is 0 Å². The van der Waals surface area contributed by atoms with Crippen molar-refractivity contribution in [1.29, 1.82) is 0 Å². The maximum absolute atomic E-state index is 14.3. The first-order valence-electron chi connectivity index (χ1n) is 28.4. The first-order chi connectivity index (χ1) is 38.9. The summed E-state index contributed by atoms with van der Waals surface area (Å²) in [7, 11) is 0. The van der Waals surface area contributed by atoms with E-state index < -0.39 is 88.9 Å². The lowest BCUT2D eigenvalue weighted by atomic mass is 9.83. The van der Waals surface area contributed by atoms with Gasteiger partial charge in [0, 0.05) is 60.6 Å². The number of benzene rings is 4. The van der Waals surface area contributed by atoms with Gasteiger partial charge in [-0.1, -0.05) is 151 Å². The van der Waals surface area contributed by atoms with Gasteiger partial charge in [0.1, 0.15) is 42.8 Å². The fourth-order valence-electron chi connectivity index (χ4n) is 9.40. The highest BCUT2D eigenvalue weighted by Gasteiger charge is 2.41. The lowest BCUT2D eigenvalue weighted by Crippen LogP contribution is -2.50. The molecule has 0 saturated heterocycles. The third-order valence-electron chi connectivity index (χ3n) is 14.0. The van der Waals surface area contributed by atoms with Gasteiger partial charge in [0.2, 0.25) is 5.60 Å². The number of rotatable bonds is 25. The molecule has 0 amide bonds. The van der Waals surface area contributed by atoms with Gasteiger partial charge in [0.25, 0.3) is 0 Å². The predicted octanol–water partition coefficient (Wildman–Crippen LogP) is 12.8. The first-order valence-corrected chi connectivity index (χ1v) is 28.4. The molecular weight excluding hydrogens is 1070 g/mol. The van der Waals surface area contributed by atoms with Gasteiger partial charge in [0.15, 0.2) is 0 Å². The maximum Gasteiger partial charge on any atom is 0.335 e. The zero-order valence-corrected chi connectivity index (χ0v) is 52.4. The minimum absolute atomic E-state index is 0.153. The van der Waals surface area contributed by atoms with E-state index in [1.165, 1.54) is 0 Å². The monoisotopic (exact) mass is 1160 g/mol. The van der Waals surface area contributed by atoms with Gasteiger partial charge in [-0.3, -0.25) is 19.2 Å². The van der Waals surface area contributed by atoms with Gasteiger partial charge in [-0.05, 0) is 125 Å². The number of carbonyl (C=O) groups excluding carboxylic acids is 7. The summed E-state index contributed by atoms with van der Waals surface area (Å²) in [6.07, 6.45) is 3.33. The molecular formula is C69H88O15. The van der Waals surface area contributed by atoms with Crippen molar-refractivity contribution in [3.8, 4) is 23.0 Å². The van der Waals surface area contributed by atoms with E-state index >= 15 is 0 Å². The number of hydrogen-bond donors (Lipinski definition) is 1. The molecule has 1 N–H and O–H groups in total. The van der Waals surface area contributed by atoms with Gasteiger partial charge < -0.3 is 38.3 Å². The van der Waals surface area contributed by atoms with Crippen molar-refractivity contribution in [2.75, 3.05) is 19.8 Å². The van der Waals surface area contributed by atoms with Crippen LogP contribution in [0.2, 0.25) is 0 Å². The van der Waals surface area contributed by atoms with Crippen LogP contribution in [-0.4, -0.2) is 72.3 Å². The van der Waals surface area contributed by atoms with Gasteiger partial charge in [-0.15, -0.1) is 0 Å². The Labute approximate surface area is 497 Å². The summed E-state index contributed by atoms with van der Waals surface area (Å²) in [6.45, 7) is 39.3. The van der Waals surface area contributed by atoms with Crippen molar-refractivity contribution in [1.82, 2.24) is 0 Å². The van der Waals surface area contributed by atoms with Crippen LogP contribution in [0.5, 0.6) is 23.0 Å². The van der Waals surface area contributed by atoms with Crippen molar-refractivity contribution in [2.45, 2.75) is 189 Å². The Bertz CT molecular complexity index is 2880. The molecule has 4 aromatic rings. The van der Waals surface area contributed by atoms with Crippen LogP contribution in [0.3, 0.4) is 0 Å². The molecule has 0 aromatic heterocycles. The van der Waals surface area contributed by atoms with Crippen molar-refractivity contribution >= 4 is 41.8 Å². The second kappa shape index (κ2) is 28.6. The summed E-state index contributed by atoms with van der Waals surface area (Å²) in [5, 5.41) is 10.9. The Kier molecular flexibility index (Phi) is 23.4. The molecule has 4 aromatic carbocycles. The summed E-state index contributed by atoms with van der Waals surface area (Å²) in [5.74, 6) is -3.40. The van der Waals surface area contributed by atoms with Crippen molar-refractivity contribution in [3.63, 3.8) is 0 Å². The second-order valence-corrected chi connectivity index (χ2v) is 25.7. The molecule has 0 unspecified atom stereocenters. The largest absolute Gasteiger partial charge is 0.507 e. The Balaban J connectivity index is 1.74. The third kappa shape index (κ3) is 19.9. The van der Waals surface area contributed by atoms with E-state index in [0.717, 1.165) is 57.2 Å². The quantitative estimate of drug-likeness (QED) is 0.0284. The molecule has 0 aliphatic rings. The molecule has 0 spiro atoms. The van der Waals surface area contributed by atoms with E-state index in [1.54, 1.807) is 33.8 Å². The summed E-state index contributed by atoms with van der Waals surface area (Å²) >= 11 is 0. The molecule has 15 nitrogen and oxygen atoms in total. The number of carbonyl (C=O) groups is 7. The van der Waals surface area contributed by atoms with E-state index in [1.807, 2.05) is 126 Å². The van der Waals surface area contributed by atoms with Crippen molar-refractivity contribution < 1.29 is 71.8 Å². The number of hydrogen-bond acceptors (Lipinski definition) is 15. The van der Waals surface area contributed by atoms with Crippen LogP contribution in [0.4, 0.5) is 0 Å². The zero-order valence-electron chi connectivity index (χ0n) is 52.4. The normalized spacial score (nSPS) is 11.9. The average molecular weight is 1160 g/mol. The molecule has 454 valence electrons. The highest BCUT2D eigenvalue weighted by atomic mass is 16.6. The molecule has 0 atom stereocenters. The lowest BCUT2D eigenvalue weighted by molar-refractivity contribution is -0.196. The van der Waals surface area contributed by atoms with E-state index in [4.69, 9.17) is 33.2 Å². The predicted molar refractivity (Wildman–Crippen MR) is 324 cm³/mol. The molecule has 0 aliphatic carbocycles. The van der Waals surface area contributed by atoms with Gasteiger partial charge in [-0.25, -0.2) is 14.4 Å². The first kappa shape index (κ1) is 68.7. The Morgan fingerprint density at radius 3 is 0.905 bits per heavy atom. The smallest absolute Gasteiger partial charge is 0.335 e. The van der Waals surface area contributed by atoms with Gasteiger partial charge in [0.05, 0.1) is 0 Å². The highest BCUT2D eigenvalue weighted by Crippen LogP contribution is 2.39. The SMILES string of the molecule is C=CC(=O)Oc1c(C)cc(CCC(=O)OCC(COC(=O)CCc2cc(C)c(OC(=O)C=C)c(C(C)(C)C)c2)(COC(=O)CCc2cc(C)c(OC(=O)C=C)c(C(C)(C)C)c2)OC(=O)CCc2cc(C)c(O)c(C(C)(C)C)c2)cc1C(C)(C)C. The molecule has 0 fully saturated rings. The van der Waals surface area contributed by atoms with Crippen molar-refractivity contribution in [2.24, 2.45) is 0 Å². The number of aryl methyl sites for hydroxylation is 8. The van der Waals surface area contributed by atoms with Crippen LogP contribution < -0.4 is 14.2 Å².